The fraction of sp³-hybridized carbons (Fsp3) is 0.500. The smallest absolute Gasteiger partial charge is 0.337 e. The molecule has 6 nitrogen and oxygen atoms in total. The van der Waals surface area contributed by atoms with Crippen LogP contribution in [0.3, 0.4) is 0 Å². The van der Waals surface area contributed by atoms with Gasteiger partial charge in [-0.25, -0.2) is 4.79 Å². The van der Waals surface area contributed by atoms with E-state index in [-0.39, 0.29) is 11.9 Å². The minimum Gasteiger partial charge on any atom is -0.493 e. The quantitative estimate of drug-likeness (QED) is 0.402. The number of aryl methyl sites for hydroxylation is 1. The zero-order chi connectivity index (χ0) is 25.3. The number of hydrogen-bond donors (Lipinski definition) is 0. The highest BCUT2D eigenvalue weighted by molar-refractivity contribution is 5.89. The van der Waals surface area contributed by atoms with Gasteiger partial charge in [0.05, 0.1) is 38.4 Å². The molecule has 34 heavy (non-hydrogen) atoms. The largest absolute Gasteiger partial charge is 0.493 e. The Kier molecular flexibility index (Phi) is 9.95. The lowest BCUT2D eigenvalue weighted by molar-refractivity contribution is 0.0600. The summed E-state index contributed by atoms with van der Waals surface area (Å²) in [7, 11) is 6.72. The van der Waals surface area contributed by atoms with Crippen molar-refractivity contribution in [2.75, 3.05) is 41.5 Å². The van der Waals surface area contributed by atoms with E-state index in [0.29, 0.717) is 17.1 Å². The van der Waals surface area contributed by atoms with Crippen LogP contribution < -0.4 is 9.47 Å². The van der Waals surface area contributed by atoms with Crippen LogP contribution in [0.15, 0.2) is 36.4 Å². The number of likely N-dealkylation sites (N-methyl/N-ethyl adjacent to an activating group) is 1. The van der Waals surface area contributed by atoms with E-state index in [1.807, 2.05) is 37.3 Å². The monoisotopic (exact) mass is 466 g/mol. The van der Waals surface area contributed by atoms with Gasteiger partial charge < -0.3 is 19.1 Å². The highest BCUT2D eigenvalue weighted by atomic mass is 16.5. The van der Waals surface area contributed by atoms with E-state index < -0.39 is 5.41 Å². The average Bonchev–Trinajstić information content (AvgIpc) is 2.84. The van der Waals surface area contributed by atoms with Crippen LogP contribution in [-0.2, 0) is 16.6 Å². The zero-order valence-electron chi connectivity index (χ0n) is 21.6. The van der Waals surface area contributed by atoms with Gasteiger partial charge in [-0.3, -0.25) is 0 Å². The van der Waals surface area contributed by atoms with E-state index in [4.69, 9.17) is 14.2 Å². The molecule has 0 spiro atoms. The second-order valence-electron chi connectivity index (χ2n) is 9.16. The molecule has 0 bridgehead atoms. The molecule has 1 atom stereocenters. The SMILES string of the molecule is COC(=O)c1cc(C)cc(CCN(C)CCCC(C#N)(c2ccc(OC)c(OC)c2)C(C)C)c1. The van der Waals surface area contributed by atoms with Crippen molar-refractivity contribution in [1.82, 2.24) is 4.90 Å². The Morgan fingerprint density at radius 3 is 2.35 bits per heavy atom. The van der Waals surface area contributed by atoms with E-state index in [1.165, 1.54) is 7.11 Å². The van der Waals surface area contributed by atoms with Crippen molar-refractivity contribution >= 4 is 5.97 Å². The molecule has 0 aliphatic rings. The van der Waals surface area contributed by atoms with E-state index in [1.54, 1.807) is 14.2 Å². The number of nitriles is 1. The van der Waals surface area contributed by atoms with Crippen molar-refractivity contribution in [3.05, 3.63) is 58.7 Å². The summed E-state index contributed by atoms with van der Waals surface area (Å²) in [5, 5.41) is 10.3. The number of nitrogens with zero attached hydrogens (tertiary/aromatic N) is 2. The highest BCUT2D eigenvalue weighted by Crippen LogP contribution is 2.40. The summed E-state index contributed by atoms with van der Waals surface area (Å²) in [4.78, 5) is 14.2. The molecule has 2 rings (SSSR count). The number of ether oxygens (including phenoxy) is 3. The number of esters is 1. The van der Waals surface area contributed by atoms with Gasteiger partial charge in [0.1, 0.15) is 0 Å². The normalized spacial score (nSPS) is 12.8. The number of hydrogen-bond acceptors (Lipinski definition) is 6. The summed E-state index contributed by atoms with van der Waals surface area (Å²) >= 11 is 0. The molecule has 0 fully saturated rings. The van der Waals surface area contributed by atoms with Crippen LogP contribution in [0.1, 0.15) is 53.7 Å². The molecule has 0 aromatic heterocycles. The van der Waals surface area contributed by atoms with Crippen molar-refractivity contribution in [2.24, 2.45) is 5.92 Å². The first-order valence-corrected chi connectivity index (χ1v) is 11.7. The maximum atomic E-state index is 11.9. The Hall–Kier alpha value is -3.04. The minimum atomic E-state index is -0.605. The van der Waals surface area contributed by atoms with Crippen molar-refractivity contribution in [2.45, 2.75) is 45.4 Å². The zero-order valence-corrected chi connectivity index (χ0v) is 21.6. The Balaban J connectivity index is 2.04. The first kappa shape index (κ1) is 27.2. The van der Waals surface area contributed by atoms with Gasteiger partial charge in [0.15, 0.2) is 11.5 Å². The second kappa shape index (κ2) is 12.4. The average molecular weight is 467 g/mol. The van der Waals surface area contributed by atoms with Gasteiger partial charge in [0.2, 0.25) is 0 Å². The first-order valence-electron chi connectivity index (χ1n) is 11.7. The Morgan fingerprint density at radius 1 is 1.06 bits per heavy atom. The second-order valence-corrected chi connectivity index (χ2v) is 9.16. The highest BCUT2D eigenvalue weighted by Gasteiger charge is 2.36. The number of benzene rings is 2. The standard InChI is InChI=1S/C28H38N2O4/c1-20(2)28(19-29,24-9-10-25(32-5)26(18-24)33-6)12-8-13-30(4)14-11-22-15-21(3)16-23(17-22)27(31)34-7/h9-10,15-18,20H,8,11-14H2,1-7H3. The van der Waals surface area contributed by atoms with Gasteiger partial charge in [0, 0.05) is 6.54 Å². The van der Waals surface area contributed by atoms with Gasteiger partial charge in [0.25, 0.3) is 0 Å². The maximum absolute atomic E-state index is 11.9. The third-order valence-electron chi connectivity index (χ3n) is 6.54. The topological polar surface area (TPSA) is 71.8 Å². The van der Waals surface area contributed by atoms with Crippen LogP contribution in [-0.4, -0.2) is 52.3 Å². The van der Waals surface area contributed by atoms with Gasteiger partial charge in [-0.1, -0.05) is 26.0 Å². The minimum absolute atomic E-state index is 0.143. The molecule has 0 radical (unpaired) electrons. The Bertz CT molecular complexity index is 1010. The van der Waals surface area contributed by atoms with Crippen molar-refractivity contribution in [1.29, 1.82) is 5.26 Å². The number of carbonyl (C=O) groups is 1. The summed E-state index contributed by atoms with van der Waals surface area (Å²) in [6.45, 7) is 7.92. The van der Waals surface area contributed by atoms with E-state index in [9.17, 15) is 10.1 Å². The lowest BCUT2D eigenvalue weighted by atomic mass is 9.69. The summed E-state index contributed by atoms with van der Waals surface area (Å²) in [5.41, 5.74) is 3.11. The van der Waals surface area contributed by atoms with Crippen molar-refractivity contribution in [3.63, 3.8) is 0 Å². The van der Waals surface area contributed by atoms with Gasteiger partial charge in [-0.2, -0.15) is 5.26 Å². The predicted octanol–water partition coefficient (Wildman–Crippen LogP) is 5.17. The fourth-order valence-corrected chi connectivity index (χ4v) is 4.43. The summed E-state index contributed by atoms with van der Waals surface area (Å²) in [5.74, 6) is 1.13. The van der Waals surface area contributed by atoms with Crippen LogP contribution in [0.25, 0.3) is 0 Å². The predicted molar refractivity (Wildman–Crippen MR) is 135 cm³/mol. The Morgan fingerprint density at radius 2 is 1.76 bits per heavy atom. The molecule has 0 heterocycles. The molecule has 0 N–H and O–H groups in total. The molecular formula is C28H38N2O4. The van der Waals surface area contributed by atoms with Crippen LogP contribution in [0, 0.1) is 24.2 Å². The van der Waals surface area contributed by atoms with E-state index >= 15 is 0 Å². The molecule has 0 aliphatic carbocycles. The summed E-state index contributed by atoms with van der Waals surface area (Å²) < 4.78 is 15.7. The van der Waals surface area contributed by atoms with Gasteiger partial charge in [-0.05, 0) is 86.7 Å². The fourth-order valence-electron chi connectivity index (χ4n) is 4.43. The molecule has 0 amide bonds. The lowest BCUT2D eigenvalue weighted by Gasteiger charge is -2.32. The third-order valence-corrected chi connectivity index (χ3v) is 6.54. The van der Waals surface area contributed by atoms with Crippen LogP contribution in [0.5, 0.6) is 11.5 Å². The summed E-state index contributed by atoms with van der Waals surface area (Å²) in [6.07, 6.45) is 2.47. The molecule has 2 aromatic carbocycles. The van der Waals surface area contributed by atoms with Crippen LogP contribution >= 0.6 is 0 Å². The molecule has 0 saturated carbocycles. The molecule has 184 valence electrons. The third kappa shape index (κ3) is 6.51. The number of rotatable bonds is 12. The first-order chi connectivity index (χ1) is 16.2. The number of carbonyl (C=O) groups excluding carboxylic acids is 1. The number of methoxy groups -OCH3 is 3. The Labute approximate surface area is 204 Å². The van der Waals surface area contributed by atoms with Crippen LogP contribution in [0.4, 0.5) is 0 Å². The molecular weight excluding hydrogens is 428 g/mol. The van der Waals surface area contributed by atoms with Gasteiger partial charge in [-0.15, -0.1) is 0 Å². The van der Waals surface area contributed by atoms with Crippen molar-refractivity contribution in [3.8, 4) is 17.6 Å². The maximum Gasteiger partial charge on any atom is 0.337 e. The van der Waals surface area contributed by atoms with Crippen molar-refractivity contribution < 1.29 is 19.0 Å². The molecule has 1 unspecified atom stereocenters. The van der Waals surface area contributed by atoms with Crippen LogP contribution in [0.2, 0.25) is 0 Å². The molecule has 6 heteroatoms. The van der Waals surface area contributed by atoms with E-state index in [0.717, 1.165) is 49.0 Å². The lowest BCUT2D eigenvalue weighted by Crippen LogP contribution is -2.32. The molecule has 2 aromatic rings. The molecule has 0 aliphatic heterocycles. The molecule has 0 saturated heterocycles. The summed E-state index contributed by atoms with van der Waals surface area (Å²) in [6, 6.07) is 14.3. The van der Waals surface area contributed by atoms with E-state index in [2.05, 4.69) is 37.9 Å². The van der Waals surface area contributed by atoms with Gasteiger partial charge >= 0.3 is 5.97 Å².